The van der Waals surface area contributed by atoms with Crippen LogP contribution in [0.1, 0.15) is 61.1 Å². The van der Waals surface area contributed by atoms with Gasteiger partial charge in [0.25, 0.3) is 0 Å². The molecule has 0 spiro atoms. The van der Waals surface area contributed by atoms with Gasteiger partial charge >= 0.3 is 5.97 Å². The van der Waals surface area contributed by atoms with Crippen molar-refractivity contribution in [3.63, 3.8) is 0 Å². The van der Waals surface area contributed by atoms with Gasteiger partial charge in [-0.2, -0.15) is 0 Å². The van der Waals surface area contributed by atoms with E-state index in [1.165, 1.54) is 19.3 Å². The number of carbonyl (C=O) groups is 1. The number of anilines is 1. The predicted molar refractivity (Wildman–Crippen MR) is 84.9 cm³/mol. The zero-order valence-corrected chi connectivity index (χ0v) is 13.4. The summed E-state index contributed by atoms with van der Waals surface area (Å²) in [7, 11) is 0. The third kappa shape index (κ3) is 3.55. The van der Waals surface area contributed by atoms with Crippen LogP contribution in [0.5, 0.6) is 0 Å². The molecule has 0 saturated heterocycles. The van der Waals surface area contributed by atoms with E-state index in [-0.39, 0.29) is 0 Å². The quantitative estimate of drug-likeness (QED) is 0.879. The van der Waals surface area contributed by atoms with Crippen molar-refractivity contribution in [2.45, 2.75) is 59.4 Å². The number of aromatic carboxylic acids is 1. The molecule has 0 bridgehead atoms. The number of aryl methyl sites for hydroxylation is 2. The molecular weight excluding hydrogens is 264 g/mol. The van der Waals surface area contributed by atoms with E-state index in [1.807, 2.05) is 19.9 Å². The van der Waals surface area contributed by atoms with E-state index in [0.29, 0.717) is 29.3 Å². The fraction of sp³-hybridized carbons (Fsp3) is 0.647. The Bertz CT molecular complexity index is 526. The van der Waals surface area contributed by atoms with Gasteiger partial charge in [0.05, 0.1) is 0 Å². The Hall–Kier alpha value is -1.58. The number of hydrogen-bond donors (Lipinski definition) is 2. The monoisotopic (exact) mass is 290 g/mol. The molecule has 4 heteroatoms. The van der Waals surface area contributed by atoms with Crippen LogP contribution in [-0.4, -0.2) is 22.1 Å². The lowest BCUT2D eigenvalue weighted by molar-refractivity contribution is 0.0696. The first-order valence-electron chi connectivity index (χ1n) is 7.88. The van der Waals surface area contributed by atoms with Gasteiger partial charge in [-0.05, 0) is 50.2 Å². The van der Waals surface area contributed by atoms with Crippen molar-refractivity contribution < 1.29 is 9.90 Å². The zero-order valence-electron chi connectivity index (χ0n) is 13.4. The van der Waals surface area contributed by atoms with Gasteiger partial charge in [-0.15, -0.1) is 0 Å². The van der Waals surface area contributed by atoms with Crippen LogP contribution in [0.4, 0.5) is 5.82 Å². The molecule has 1 aliphatic carbocycles. The summed E-state index contributed by atoms with van der Waals surface area (Å²) in [4.78, 5) is 16.0. The van der Waals surface area contributed by atoms with Crippen molar-refractivity contribution in [2.75, 3.05) is 5.32 Å². The van der Waals surface area contributed by atoms with Crippen LogP contribution in [0.15, 0.2) is 6.07 Å². The largest absolute Gasteiger partial charge is 0.478 e. The third-order valence-electron chi connectivity index (χ3n) is 4.56. The van der Waals surface area contributed by atoms with Gasteiger partial charge < -0.3 is 10.4 Å². The summed E-state index contributed by atoms with van der Waals surface area (Å²) in [6, 6.07) is 2.15. The fourth-order valence-corrected chi connectivity index (χ4v) is 3.52. The molecule has 0 aromatic carbocycles. The van der Waals surface area contributed by atoms with E-state index in [9.17, 15) is 9.90 Å². The third-order valence-corrected chi connectivity index (χ3v) is 4.56. The Labute approximate surface area is 127 Å². The number of aromatic nitrogens is 1. The molecule has 2 atom stereocenters. The molecule has 1 fully saturated rings. The van der Waals surface area contributed by atoms with Crippen LogP contribution >= 0.6 is 0 Å². The molecular formula is C17H26N2O2. The molecule has 0 amide bonds. The number of rotatable bonds is 4. The van der Waals surface area contributed by atoms with Gasteiger partial charge in [0, 0.05) is 11.7 Å². The van der Waals surface area contributed by atoms with Crippen molar-refractivity contribution in [3.8, 4) is 0 Å². The average Bonchev–Trinajstić information content (AvgIpc) is 2.37. The van der Waals surface area contributed by atoms with Crippen LogP contribution in [0.3, 0.4) is 0 Å². The maximum atomic E-state index is 11.5. The average molecular weight is 290 g/mol. The Morgan fingerprint density at radius 1 is 1.33 bits per heavy atom. The van der Waals surface area contributed by atoms with E-state index in [1.54, 1.807) is 0 Å². The van der Waals surface area contributed by atoms with E-state index < -0.39 is 5.97 Å². The Morgan fingerprint density at radius 2 is 2.00 bits per heavy atom. The van der Waals surface area contributed by atoms with Gasteiger partial charge in [0.15, 0.2) is 0 Å². The second kappa shape index (κ2) is 6.46. The Balaban J connectivity index is 2.31. The highest BCUT2D eigenvalue weighted by molar-refractivity contribution is 5.94. The van der Waals surface area contributed by atoms with Crippen LogP contribution in [0.2, 0.25) is 0 Å². The molecule has 1 aromatic rings. The molecule has 4 nitrogen and oxygen atoms in total. The van der Waals surface area contributed by atoms with Gasteiger partial charge in [0.2, 0.25) is 0 Å². The maximum Gasteiger partial charge on any atom is 0.339 e. The SMILES string of the molecule is Cc1cc(C)c(C(=O)O)c(NC2CCCCC2C(C)C)n1. The van der Waals surface area contributed by atoms with E-state index >= 15 is 0 Å². The molecule has 1 heterocycles. The van der Waals surface area contributed by atoms with Crippen LogP contribution in [0, 0.1) is 25.7 Å². The van der Waals surface area contributed by atoms with Crippen LogP contribution < -0.4 is 5.32 Å². The number of carboxylic acid groups (broad SMARTS) is 1. The number of pyridine rings is 1. The zero-order chi connectivity index (χ0) is 15.6. The lowest BCUT2D eigenvalue weighted by Gasteiger charge is -2.35. The van der Waals surface area contributed by atoms with E-state index in [0.717, 1.165) is 17.7 Å². The van der Waals surface area contributed by atoms with Gasteiger partial charge in [-0.3, -0.25) is 0 Å². The minimum Gasteiger partial charge on any atom is -0.478 e. The molecule has 1 saturated carbocycles. The second-order valence-corrected chi connectivity index (χ2v) is 6.55. The van der Waals surface area contributed by atoms with Gasteiger partial charge in [-0.1, -0.05) is 26.7 Å². The van der Waals surface area contributed by atoms with Crippen molar-refractivity contribution in [3.05, 3.63) is 22.9 Å². The first-order valence-corrected chi connectivity index (χ1v) is 7.88. The summed E-state index contributed by atoms with van der Waals surface area (Å²) in [6.07, 6.45) is 4.78. The standard InChI is InChI=1S/C17H26N2O2/c1-10(2)13-7-5-6-8-14(13)19-16-15(17(20)21)11(3)9-12(4)18-16/h9-10,13-14H,5-8H2,1-4H3,(H,18,19)(H,20,21). The highest BCUT2D eigenvalue weighted by Crippen LogP contribution is 2.33. The predicted octanol–water partition coefficient (Wildman–Crippen LogP) is 4.02. The smallest absolute Gasteiger partial charge is 0.339 e. The maximum absolute atomic E-state index is 11.5. The molecule has 116 valence electrons. The minimum absolute atomic E-state index is 0.314. The highest BCUT2D eigenvalue weighted by Gasteiger charge is 2.29. The summed E-state index contributed by atoms with van der Waals surface area (Å²) >= 11 is 0. The molecule has 2 rings (SSSR count). The molecule has 1 aliphatic rings. The minimum atomic E-state index is -0.903. The number of nitrogens with zero attached hydrogens (tertiary/aromatic N) is 1. The Kier molecular flexibility index (Phi) is 4.86. The first kappa shape index (κ1) is 15.8. The lowest BCUT2D eigenvalue weighted by atomic mass is 9.78. The number of hydrogen-bond acceptors (Lipinski definition) is 3. The summed E-state index contributed by atoms with van der Waals surface area (Å²) in [6.45, 7) is 8.24. The van der Waals surface area contributed by atoms with Crippen molar-refractivity contribution in [2.24, 2.45) is 11.8 Å². The van der Waals surface area contributed by atoms with E-state index in [2.05, 4.69) is 24.1 Å². The highest BCUT2D eigenvalue weighted by atomic mass is 16.4. The molecule has 2 N–H and O–H groups in total. The van der Waals surface area contributed by atoms with Crippen LogP contribution in [-0.2, 0) is 0 Å². The molecule has 2 unspecified atom stereocenters. The van der Waals surface area contributed by atoms with Crippen molar-refractivity contribution in [1.29, 1.82) is 0 Å². The molecule has 0 aliphatic heterocycles. The fourth-order valence-electron chi connectivity index (χ4n) is 3.52. The van der Waals surface area contributed by atoms with Crippen molar-refractivity contribution in [1.82, 2.24) is 4.98 Å². The summed E-state index contributed by atoms with van der Waals surface area (Å²) in [5.74, 6) is 0.821. The molecule has 0 radical (unpaired) electrons. The van der Waals surface area contributed by atoms with E-state index in [4.69, 9.17) is 0 Å². The summed E-state index contributed by atoms with van der Waals surface area (Å²) < 4.78 is 0. The molecule has 1 aromatic heterocycles. The first-order chi connectivity index (χ1) is 9.90. The van der Waals surface area contributed by atoms with Gasteiger partial charge in [0.1, 0.15) is 11.4 Å². The van der Waals surface area contributed by atoms with Crippen molar-refractivity contribution >= 4 is 11.8 Å². The molecule has 21 heavy (non-hydrogen) atoms. The number of nitrogens with one attached hydrogen (secondary N) is 1. The Morgan fingerprint density at radius 3 is 2.62 bits per heavy atom. The topological polar surface area (TPSA) is 62.2 Å². The van der Waals surface area contributed by atoms with Crippen LogP contribution in [0.25, 0.3) is 0 Å². The summed E-state index contributed by atoms with van der Waals surface area (Å²) in [5, 5.41) is 12.9. The lowest BCUT2D eigenvalue weighted by Crippen LogP contribution is -2.36. The summed E-state index contributed by atoms with van der Waals surface area (Å²) in [5.41, 5.74) is 1.94. The normalized spacial score (nSPS) is 22.3. The van der Waals surface area contributed by atoms with Gasteiger partial charge in [-0.25, -0.2) is 9.78 Å². The second-order valence-electron chi connectivity index (χ2n) is 6.55. The number of carboxylic acids is 1.